The van der Waals surface area contributed by atoms with Crippen molar-refractivity contribution in [1.82, 2.24) is 0 Å². The summed E-state index contributed by atoms with van der Waals surface area (Å²) in [5, 5.41) is 33.1. The summed E-state index contributed by atoms with van der Waals surface area (Å²) in [5.74, 6) is -2.89. The molecular formula is C27H29N7O3. The van der Waals surface area contributed by atoms with Crippen LogP contribution in [0.25, 0.3) is 0 Å². The first-order valence-electron chi connectivity index (χ1n) is 13.0. The molecule has 3 N–H and O–H groups in total. The predicted octanol–water partition coefficient (Wildman–Crippen LogP) is 3.92. The number of nitrogens with zero attached hydrogens (tertiary/aromatic N) is 5. The molecule has 37 heavy (non-hydrogen) atoms. The molecule has 3 fully saturated rings. The van der Waals surface area contributed by atoms with E-state index in [1.807, 2.05) is 19.1 Å². The second-order valence-corrected chi connectivity index (χ2v) is 10.7. The minimum Gasteiger partial charge on any atom is -0.386 e. The molecule has 0 saturated heterocycles. The highest BCUT2D eigenvalue weighted by Gasteiger charge is 3.07. The van der Waals surface area contributed by atoms with E-state index < -0.39 is 28.1 Å². The number of benzene rings is 1. The van der Waals surface area contributed by atoms with Crippen LogP contribution in [0.15, 0.2) is 33.5 Å². The molecule has 0 radical (unpaired) electrons. The number of carbonyl (C=O) groups excluding carboxylic acids is 1. The maximum atomic E-state index is 13.8. The molecule has 0 unspecified atom stereocenters. The van der Waals surface area contributed by atoms with Gasteiger partial charge in [0.25, 0.3) is 0 Å². The van der Waals surface area contributed by atoms with Gasteiger partial charge in [-0.2, -0.15) is 15.5 Å². The molecule has 5 aliphatic rings. The van der Waals surface area contributed by atoms with Gasteiger partial charge in [0.1, 0.15) is 11.3 Å². The lowest BCUT2D eigenvalue weighted by Crippen LogP contribution is -2.47. The van der Waals surface area contributed by atoms with E-state index in [4.69, 9.17) is 15.4 Å². The monoisotopic (exact) mass is 499 g/mol. The number of fused-ring (bicyclic) bond motifs is 5. The van der Waals surface area contributed by atoms with Gasteiger partial charge in [0, 0.05) is 5.69 Å². The van der Waals surface area contributed by atoms with Gasteiger partial charge in [-0.1, -0.05) is 40.8 Å². The molecule has 1 spiro atoms. The largest absolute Gasteiger partial charge is 0.422 e. The van der Waals surface area contributed by atoms with Crippen LogP contribution in [-0.4, -0.2) is 29.1 Å². The highest BCUT2D eigenvalue weighted by atomic mass is 16.8. The summed E-state index contributed by atoms with van der Waals surface area (Å²) < 4.78 is 0. The van der Waals surface area contributed by atoms with E-state index in [2.05, 4.69) is 32.8 Å². The van der Waals surface area contributed by atoms with Crippen LogP contribution in [0.3, 0.4) is 0 Å². The molecule has 2 heterocycles. The van der Waals surface area contributed by atoms with Crippen molar-refractivity contribution in [1.29, 1.82) is 10.5 Å². The fourth-order valence-electron chi connectivity index (χ4n) is 6.92. The van der Waals surface area contributed by atoms with Crippen LogP contribution in [-0.2, 0) is 19.9 Å². The number of aryl methyl sites for hydroxylation is 1. The SMILES string of the molecule is Cc1ccc2c(c1)[C@]1(C(=O)N2)[C@@]2(C#N)C(N)=NC(ON=C3CCCCC3)(ON=C3CCCCC3)[C@]21C#N. The van der Waals surface area contributed by atoms with Gasteiger partial charge in [0.05, 0.1) is 23.6 Å². The van der Waals surface area contributed by atoms with Gasteiger partial charge >= 0.3 is 5.91 Å². The van der Waals surface area contributed by atoms with Crippen molar-refractivity contribution < 1.29 is 14.5 Å². The zero-order chi connectivity index (χ0) is 25.9. The predicted molar refractivity (Wildman–Crippen MR) is 135 cm³/mol. The molecule has 0 bridgehead atoms. The average molecular weight is 500 g/mol. The van der Waals surface area contributed by atoms with Crippen LogP contribution < -0.4 is 11.1 Å². The van der Waals surface area contributed by atoms with Crippen molar-refractivity contribution in [2.24, 2.45) is 31.9 Å². The molecule has 3 atom stereocenters. The quantitative estimate of drug-likeness (QED) is 0.472. The van der Waals surface area contributed by atoms with Gasteiger partial charge in [-0.3, -0.25) is 4.79 Å². The highest BCUT2D eigenvalue weighted by Crippen LogP contribution is 2.87. The number of amidine groups is 1. The molecule has 6 rings (SSSR count). The van der Waals surface area contributed by atoms with Gasteiger partial charge in [0.15, 0.2) is 5.41 Å². The first kappa shape index (κ1) is 23.5. The summed E-state index contributed by atoms with van der Waals surface area (Å²) in [5.41, 5.74) is 4.57. The smallest absolute Gasteiger partial charge is 0.386 e. The molecule has 0 aromatic heterocycles. The van der Waals surface area contributed by atoms with Gasteiger partial charge in [0.2, 0.25) is 11.3 Å². The van der Waals surface area contributed by atoms with Crippen LogP contribution in [0, 0.1) is 40.4 Å². The van der Waals surface area contributed by atoms with Crippen LogP contribution in [0.5, 0.6) is 0 Å². The molecule has 190 valence electrons. The summed E-state index contributed by atoms with van der Waals surface area (Å²) in [6, 6.07) is 9.91. The number of oxime groups is 2. The fourth-order valence-corrected chi connectivity index (χ4v) is 6.92. The third kappa shape index (κ3) is 2.68. The molecule has 2 aliphatic heterocycles. The highest BCUT2D eigenvalue weighted by molar-refractivity contribution is 6.20. The zero-order valence-electron chi connectivity index (χ0n) is 20.8. The summed E-state index contributed by atoms with van der Waals surface area (Å²) in [7, 11) is 0. The number of hydrogen-bond acceptors (Lipinski definition) is 9. The van der Waals surface area contributed by atoms with E-state index >= 15 is 0 Å². The number of carbonyl (C=O) groups is 1. The number of anilines is 1. The molecule has 10 nitrogen and oxygen atoms in total. The Morgan fingerprint density at radius 1 is 0.973 bits per heavy atom. The minimum absolute atomic E-state index is 0.186. The summed E-state index contributed by atoms with van der Waals surface area (Å²) in [6.07, 6.45) is 9.14. The van der Waals surface area contributed by atoms with Crippen molar-refractivity contribution in [3.05, 3.63) is 29.3 Å². The lowest BCUT2D eigenvalue weighted by molar-refractivity contribution is -0.263. The molecule has 1 aromatic carbocycles. The fraction of sp³-hybridized carbons (Fsp3) is 0.556. The van der Waals surface area contributed by atoms with Crippen LogP contribution in [0.1, 0.15) is 75.3 Å². The number of hydrogen-bond donors (Lipinski definition) is 2. The van der Waals surface area contributed by atoms with Crippen LogP contribution >= 0.6 is 0 Å². The Morgan fingerprint density at radius 2 is 1.57 bits per heavy atom. The number of rotatable bonds is 4. The van der Waals surface area contributed by atoms with E-state index in [0.717, 1.165) is 81.2 Å². The van der Waals surface area contributed by atoms with Gasteiger partial charge in [-0.05, 0) is 69.9 Å². The van der Waals surface area contributed by atoms with Gasteiger partial charge < -0.3 is 20.7 Å². The Balaban J connectivity index is 1.55. The molecule has 3 aliphatic carbocycles. The Kier molecular flexibility index (Phi) is 5.10. The standard InChI is InChI=1S/C27H29N7O3/c1-17-12-13-21-20(14-17)26(23(35)31-21)24(15-28)22(30)32-27(25(24,26)16-29,36-33-18-8-4-2-5-9-18)37-34-19-10-6-3-7-11-19/h12-14H,2-11H2,1H3,(H2,30,32)(H,31,35)/t24-,25+,26-/m0/s1. The maximum absolute atomic E-state index is 13.8. The third-order valence-electron chi connectivity index (χ3n) is 8.71. The number of aliphatic imine (C=N–C) groups is 1. The lowest BCUT2D eigenvalue weighted by Gasteiger charge is -2.30. The van der Waals surface area contributed by atoms with Crippen LogP contribution in [0.4, 0.5) is 5.69 Å². The van der Waals surface area contributed by atoms with Gasteiger partial charge in [-0.25, -0.2) is 0 Å². The van der Waals surface area contributed by atoms with Crippen molar-refractivity contribution in [3.63, 3.8) is 0 Å². The minimum atomic E-state index is -2.20. The molecule has 3 saturated carbocycles. The van der Waals surface area contributed by atoms with Crippen LogP contribution in [0.2, 0.25) is 0 Å². The Hall–Kier alpha value is -3.92. The molecule has 1 aromatic rings. The number of nitriles is 2. The van der Waals surface area contributed by atoms with Crippen molar-refractivity contribution in [2.45, 2.75) is 82.5 Å². The van der Waals surface area contributed by atoms with E-state index in [9.17, 15) is 15.3 Å². The topological polar surface area (TPSA) is 158 Å². The Morgan fingerprint density at radius 3 is 2.11 bits per heavy atom. The van der Waals surface area contributed by atoms with Crippen molar-refractivity contribution in [2.75, 3.05) is 5.32 Å². The normalized spacial score (nSPS) is 32.8. The third-order valence-corrected chi connectivity index (χ3v) is 8.71. The summed E-state index contributed by atoms with van der Waals surface area (Å²) >= 11 is 0. The second-order valence-electron chi connectivity index (χ2n) is 10.7. The number of nitrogens with one attached hydrogen (secondary N) is 1. The van der Waals surface area contributed by atoms with Gasteiger partial charge in [-0.15, -0.1) is 0 Å². The average Bonchev–Trinajstić information content (AvgIpc) is 3.29. The zero-order valence-corrected chi connectivity index (χ0v) is 20.8. The number of nitrogens with two attached hydrogens (primary N) is 1. The summed E-state index contributed by atoms with van der Waals surface area (Å²) in [6.45, 7) is 1.88. The number of amides is 1. The van der Waals surface area contributed by atoms with E-state index in [-0.39, 0.29) is 5.84 Å². The van der Waals surface area contributed by atoms with Crippen molar-refractivity contribution in [3.8, 4) is 12.1 Å². The Bertz CT molecular complexity index is 1320. The maximum Gasteiger partial charge on any atom is 0.422 e. The first-order valence-corrected chi connectivity index (χ1v) is 13.0. The van der Waals surface area contributed by atoms with Crippen molar-refractivity contribution >= 4 is 28.9 Å². The van der Waals surface area contributed by atoms with E-state index in [1.165, 1.54) is 0 Å². The van der Waals surface area contributed by atoms with E-state index in [0.29, 0.717) is 11.3 Å². The molecule has 1 amide bonds. The Labute approximate surface area is 215 Å². The second kappa shape index (κ2) is 8.04. The van der Waals surface area contributed by atoms with E-state index in [1.54, 1.807) is 6.07 Å². The lowest BCUT2D eigenvalue weighted by atomic mass is 9.83. The summed E-state index contributed by atoms with van der Waals surface area (Å²) in [4.78, 5) is 30.4. The first-order chi connectivity index (χ1) is 17.9. The molecular weight excluding hydrogens is 470 g/mol. The molecule has 10 heteroatoms.